The van der Waals surface area contributed by atoms with Gasteiger partial charge in [0.15, 0.2) is 6.61 Å². The Labute approximate surface area is 160 Å². The van der Waals surface area contributed by atoms with Crippen LogP contribution in [0.15, 0.2) is 40.1 Å². The maximum absolute atomic E-state index is 12.5. The minimum Gasteiger partial charge on any atom is -0.450 e. The summed E-state index contributed by atoms with van der Waals surface area (Å²) in [7, 11) is 1.55. The fraction of sp³-hybridized carbons (Fsp3) is 0.300. The molecule has 3 aromatic rings. The Hall–Kier alpha value is -2.64. The number of para-hydroxylation sites is 1. The van der Waals surface area contributed by atoms with E-state index in [1.165, 1.54) is 10.4 Å². The van der Waals surface area contributed by atoms with Crippen LogP contribution < -0.4 is 0 Å². The van der Waals surface area contributed by atoms with Crippen LogP contribution in [0.2, 0.25) is 0 Å². The van der Waals surface area contributed by atoms with Gasteiger partial charge < -0.3 is 18.8 Å². The predicted molar refractivity (Wildman–Crippen MR) is 101 cm³/mol. The number of rotatable bonds is 5. The molecule has 0 fully saturated rings. The van der Waals surface area contributed by atoms with Crippen LogP contribution in [0, 0.1) is 0 Å². The summed E-state index contributed by atoms with van der Waals surface area (Å²) < 4.78 is 16.1. The summed E-state index contributed by atoms with van der Waals surface area (Å²) in [5, 5.41) is 2.84. The normalized spacial score (nSPS) is 13.6. The van der Waals surface area contributed by atoms with Gasteiger partial charge in [-0.05, 0) is 29.5 Å². The smallest absolute Gasteiger partial charge is 0.375 e. The largest absolute Gasteiger partial charge is 0.450 e. The molecule has 27 heavy (non-hydrogen) atoms. The Morgan fingerprint density at radius 3 is 2.96 bits per heavy atom. The van der Waals surface area contributed by atoms with E-state index >= 15 is 0 Å². The summed E-state index contributed by atoms with van der Waals surface area (Å²) in [5.74, 6) is -0.769. The standard InChI is InChI=1S/C20H19NO5S/c1-24-11-15-14-4-2-3-5-16(14)26-19(15)20(23)25-12-18(22)21-8-6-17-13(10-21)7-9-27-17/h2-5,7,9H,6,8,10-12H2,1H3. The SMILES string of the molecule is COCc1c(C(=O)OCC(=O)N2CCc3sccc3C2)oc2ccccc12. The third-order valence-electron chi connectivity index (χ3n) is 4.66. The van der Waals surface area contributed by atoms with Crippen LogP contribution in [-0.4, -0.2) is 37.0 Å². The van der Waals surface area contributed by atoms with Crippen LogP contribution in [0.25, 0.3) is 11.0 Å². The van der Waals surface area contributed by atoms with Crippen molar-refractivity contribution in [3.8, 4) is 0 Å². The predicted octanol–water partition coefficient (Wildman–Crippen LogP) is 3.38. The second-order valence-electron chi connectivity index (χ2n) is 6.35. The fourth-order valence-electron chi connectivity index (χ4n) is 3.30. The number of hydrogen-bond donors (Lipinski definition) is 0. The highest BCUT2D eigenvalue weighted by atomic mass is 32.1. The van der Waals surface area contributed by atoms with Gasteiger partial charge in [0, 0.05) is 36.0 Å². The molecule has 1 aromatic carbocycles. The van der Waals surface area contributed by atoms with Gasteiger partial charge >= 0.3 is 5.97 Å². The summed E-state index contributed by atoms with van der Waals surface area (Å²) in [6, 6.07) is 9.38. The van der Waals surface area contributed by atoms with Crippen molar-refractivity contribution in [2.45, 2.75) is 19.6 Å². The number of furan rings is 1. The minimum absolute atomic E-state index is 0.0876. The van der Waals surface area contributed by atoms with Gasteiger partial charge in [-0.2, -0.15) is 0 Å². The maximum atomic E-state index is 12.5. The first-order valence-electron chi connectivity index (χ1n) is 8.67. The average molecular weight is 385 g/mol. The molecule has 0 saturated heterocycles. The number of thiophene rings is 1. The number of esters is 1. The molecule has 1 aliphatic rings. The molecule has 0 bridgehead atoms. The number of amides is 1. The zero-order chi connectivity index (χ0) is 18.8. The third-order valence-corrected chi connectivity index (χ3v) is 5.68. The molecule has 0 radical (unpaired) electrons. The van der Waals surface area contributed by atoms with E-state index in [-0.39, 0.29) is 24.9 Å². The first-order valence-corrected chi connectivity index (χ1v) is 9.55. The summed E-state index contributed by atoms with van der Waals surface area (Å²) in [6.45, 7) is 1.13. The molecule has 0 unspecified atom stereocenters. The minimum atomic E-state index is -0.653. The van der Waals surface area contributed by atoms with Crippen molar-refractivity contribution >= 4 is 34.2 Å². The van der Waals surface area contributed by atoms with E-state index in [2.05, 4.69) is 0 Å². The van der Waals surface area contributed by atoms with Gasteiger partial charge in [0.05, 0.1) is 6.61 Å². The lowest BCUT2D eigenvalue weighted by molar-refractivity contribution is -0.135. The topological polar surface area (TPSA) is 69.0 Å². The van der Waals surface area contributed by atoms with E-state index in [0.29, 0.717) is 24.2 Å². The van der Waals surface area contributed by atoms with E-state index in [0.717, 1.165) is 11.8 Å². The van der Waals surface area contributed by atoms with Crippen molar-refractivity contribution in [3.05, 3.63) is 57.5 Å². The Morgan fingerprint density at radius 2 is 2.11 bits per heavy atom. The van der Waals surface area contributed by atoms with Crippen LogP contribution in [0.1, 0.15) is 26.6 Å². The van der Waals surface area contributed by atoms with Gasteiger partial charge in [0.1, 0.15) is 5.58 Å². The van der Waals surface area contributed by atoms with Gasteiger partial charge in [-0.25, -0.2) is 4.79 Å². The number of carbonyl (C=O) groups excluding carboxylic acids is 2. The molecule has 0 saturated carbocycles. The number of methoxy groups -OCH3 is 1. The molecule has 0 aliphatic carbocycles. The van der Waals surface area contributed by atoms with E-state index in [1.54, 1.807) is 29.4 Å². The van der Waals surface area contributed by atoms with Gasteiger partial charge in [-0.3, -0.25) is 4.79 Å². The van der Waals surface area contributed by atoms with Gasteiger partial charge in [0.25, 0.3) is 5.91 Å². The molecule has 2 aromatic heterocycles. The number of nitrogens with zero attached hydrogens (tertiary/aromatic N) is 1. The Bertz CT molecular complexity index is 989. The summed E-state index contributed by atoms with van der Waals surface area (Å²) >= 11 is 1.72. The molecule has 4 rings (SSSR count). The number of fused-ring (bicyclic) bond motifs is 2. The highest BCUT2D eigenvalue weighted by Gasteiger charge is 2.25. The number of carbonyl (C=O) groups is 2. The van der Waals surface area contributed by atoms with E-state index in [9.17, 15) is 9.59 Å². The first kappa shape index (κ1) is 17.8. The summed E-state index contributed by atoms with van der Waals surface area (Å²) in [5.41, 5.74) is 2.39. The van der Waals surface area contributed by atoms with Crippen LogP contribution in [-0.2, 0) is 33.8 Å². The van der Waals surface area contributed by atoms with Crippen molar-refractivity contribution in [1.29, 1.82) is 0 Å². The number of benzene rings is 1. The first-order chi connectivity index (χ1) is 13.2. The number of ether oxygens (including phenoxy) is 2. The third kappa shape index (κ3) is 3.48. The highest BCUT2D eigenvalue weighted by Crippen LogP contribution is 2.27. The average Bonchev–Trinajstić information content (AvgIpc) is 3.30. The van der Waals surface area contributed by atoms with Crippen LogP contribution in [0.3, 0.4) is 0 Å². The molecule has 3 heterocycles. The van der Waals surface area contributed by atoms with Crippen LogP contribution >= 0.6 is 11.3 Å². The molecule has 1 aliphatic heterocycles. The van der Waals surface area contributed by atoms with Crippen molar-refractivity contribution in [2.24, 2.45) is 0 Å². The molecule has 0 atom stereocenters. The monoisotopic (exact) mass is 385 g/mol. The molecule has 140 valence electrons. The molecule has 6 nitrogen and oxygen atoms in total. The molecular formula is C20H19NO5S. The quantitative estimate of drug-likeness (QED) is 0.630. The summed E-state index contributed by atoms with van der Waals surface area (Å²) in [6.07, 6.45) is 0.842. The van der Waals surface area contributed by atoms with E-state index in [1.807, 2.05) is 29.6 Å². The molecule has 7 heteroatoms. The zero-order valence-electron chi connectivity index (χ0n) is 14.9. The Morgan fingerprint density at radius 1 is 1.26 bits per heavy atom. The summed E-state index contributed by atoms with van der Waals surface area (Å²) in [4.78, 5) is 28.0. The second kappa shape index (κ2) is 7.54. The van der Waals surface area contributed by atoms with Crippen molar-refractivity contribution < 1.29 is 23.5 Å². The van der Waals surface area contributed by atoms with Crippen molar-refractivity contribution in [3.63, 3.8) is 0 Å². The lowest BCUT2D eigenvalue weighted by Crippen LogP contribution is -2.38. The van der Waals surface area contributed by atoms with Crippen LogP contribution in [0.5, 0.6) is 0 Å². The Kier molecular flexibility index (Phi) is 4.96. The van der Waals surface area contributed by atoms with Gasteiger partial charge in [-0.1, -0.05) is 18.2 Å². The molecule has 0 spiro atoms. The second-order valence-corrected chi connectivity index (χ2v) is 7.35. The zero-order valence-corrected chi connectivity index (χ0v) is 15.7. The Balaban J connectivity index is 1.44. The molecule has 0 N–H and O–H groups in total. The molecule has 1 amide bonds. The van der Waals surface area contributed by atoms with E-state index < -0.39 is 5.97 Å². The number of hydrogen-bond acceptors (Lipinski definition) is 6. The maximum Gasteiger partial charge on any atom is 0.375 e. The van der Waals surface area contributed by atoms with Gasteiger partial charge in [0.2, 0.25) is 5.76 Å². The lowest BCUT2D eigenvalue weighted by Gasteiger charge is -2.26. The van der Waals surface area contributed by atoms with Crippen LogP contribution in [0.4, 0.5) is 0 Å². The van der Waals surface area contributed by atoms with Gasteiger partial charge in [-0.15, -0.1) is 11.3 Å². The lowest BCUT2D eigenvalue weighted by atomic mass is 10.1. The van der Waals surface area contributed by atoms with Crippen molar-refractivity contribution in [1.82, 2.24) is 4.90 Å². The van der Waals surface area contributed by atoms with Crippen molar-refractivity contribution in [2.75, 3.05) is 20.3 Å². The highest BCUT2D eigenvalue weighted by molar-refractivity contribution is 7.10. The molecular weight excluding hydrogens is 366 g/mol. The van der Waals surface area contributed by atoms with E-state index in [4.69, 9.17) is 13.9 Å². The fourth-order valence-corrected chi connectivity index (χ4v) is 4.19.